The van der Waals surface area contributed by atoms with Crippen molar-refractivity contribution < 1.29 is 4.79 Å². The molecular weight excluding hydrogens is 200 g/mol. The smallest absolute Gasteiger partial charge is 0.248 e. The third-order valence-electron chi connectivity index (χ3n) is 3.13. The molecular formula is C13H18N2O. The highest BCUT2D eigenvalue weighted by molar-refractivity contribution is 5.92. The molecule has 86 valence electrons. The lowest BCUT2D eigenvalue weighted by molar-refractivity contribution is 0.1000. The predicted octanol–water partition coefficient (Wildman–Crippen LogP) is 1.42. The van der Waals surface area contributed by atoms with Gasteiger partial charge in [0.25, 0.3) is 0 Å². The van der Waals surface area contributed by atoms with Crippen molar-refractivity contribution in [2.75, 3.05) is 19.6 Å². The maximum absolute atomic E-state index is 11.0. The SMILES string of the molecule is NC(=O)c1cccc(CCN2CCCC2)c1. The van der Waals surface area contributed by atoms with Crippen molar-refractivity contribution in [1.29, 1.82) is 0 Å². The number of amides is 1. The van der Waals surface area contributed by atoms with E-state index in [1.165, 1.54) is 31.5 Å². The highest BCUT2D eigenvalue weighted by Gasteiger charge is 2.11. The Bertz CT molecular complexity index is 370. The number of hydrogen-bond donors (Lipinski definition) is 1. The van der Waals surface area contributed by atoms with E-state index in [0.717, 1.165) is 13.0 Å². The number of carbonyl (C=O) groups excluding carboxylic acids is 1. The van der Waals surface area contributed by atoms with E-state index >= 15 is 0 Å². The molecule has 1 heterocycles. The molecule has 0 atom stereocenters. The first-order chi connectivity index (χ1) is 7.75. The largest absolute Gasteiger partial charge is 0.366 e. The predicted molar refractivity (Wildman–Crippen MR) is 64.3 cm³/mol. The van der Waals surface area contributed by atoms with Crippen molar-refractivity contribution in [3.8, 4) is 0 Å². The third kappa shape index (κ3) is 2.83. The summed E-state index contributed by atoms with van der Waals surface area (Å²) in [5.74, 6) is -0.344. The quantitative estimate of drug-likeness (QED) is 0.831. The van der Waals surface area contributed by atoms with Crippen LogP contribution in [0.2, 0.25) is 0 Å². The van der Waals surface area contributed by atoms with Crippen molar-refractivity contribution >= 4 is 5.91 Å². The van der Waals surface area contributed by atoms with Gasteiger partial charge >= 0.3 is 0 Å². The van der Waals surface area contributed by atoms with Crippen LogP contribution in [0.4, 0.5) is 0 Å². The Hall–Kier alpha value is -1.35. The second-order valence-corrected chi connectivity index (χ2v) is 4.36. The van der Waals surface area contributed by atoms with Crippen LogP contribution in [0.1, 0.15) is 28.8 Å². The second-order valence-electron chi connectivity index (χ2n) is 4.36. The van der Waals surface area contributed by atoms with E-state index < -0.39 is 0 Å². The van der Waals surface area contributed by atoms with Crippen LogP contribution in [-0.2, 0) is 6.42 Å². The number of benzene rings is 1. The molecule has 2 rings (SSSR count). The van der Waals surface area contributed by atoms with Gasteiger partial charge in [-0.2, -0.15) is 0 Å². The van der Waals surface area contributed by atoms with Gasteiger partial charge < -0.3 is 10.6 Å². The molecule has 3 heteroatoms. The van der Waals surface area contributed by atoms with Crippen LogP contribution in [0, 0.1) is 0 Å². The van der Waals surface area contributed by atoms with Gasteiger partial charge in [0.2, 0.25) is 5.91 Å². The number of carbonyl (C=O) groups is 1. The summed E-state index contributed by atoms with van der Waals surface area (Å²) in [6.45, 7) is 3.52. The zero-order valence-corrected chi connectivity index (χ0v) is 9.48. The van der Waals surface area contributed by atoms with Crippen molar-refractivity contribution in [2.45, 2.75) is 19.3 Å². The van der Waals surface area contributed by atoms with E-state index in [2.05, 4.69) is 11.0 Å². The highest BCUT2D eigenvalue weighted by Crippen LogP contribution is 2.10. The summed E-state index contributed by atoms with van der Waals surface area (Å²) in [5, 5.41) is 0. The summed E-state index contributed by atoms with van der Waals surface area (Å²) in [5.41, 5.74) is 7.06. The first kappa shape index (κ1) is 11.1. The van der Waals surface area contributed by atoms with Crippen LogP contribution >= 0.6 is 0 Å². The molecule has 1 aliphatic rings. The Morgan fingerprint density at radius 3 is 2.75 bits per heavy atom. The van der Waals surface area contributed by atoms with Crippen LogP contribution in [-0.4, -0.2) is 30.4 Å². The lowest BCUT2D eigenvalue weighted by Gasteiger charge is -2.14. The van der Waals surface area contributed by atoms with Gasteiger partial charge in [0, 0.05) is 12.1 Å². The molecule has 1 aliphatic heterocycles. The summed E-state index contributed by atoms with van der Waals surface area (Å²) in [4.78, 5) is 13.5. The van der Waals surface area contributed by atoms with E-state index in [4.69, 9.17) is 5.73 Å². The van der Waals surface area contributed by atoms with Gasteiger partial charge in [-0.15, -0.1) is 0 Å². The summed E-state index contributed by atoms with van der Waals surface area (Å²) in [6.07, 6.45) is 3.64. The van der Waals surface area contributed by atoms with Crippen LogP contribution < -0.4 is 5.73 Å². The van der Waals surface area contributed by atoms with Crippen LogP contribution in [0.25, 0.3) is 0 Å². The average molecular weight is 218 g/mol. The molecule has 1 fully saturated rings. The van der Waals surface area contributed by atoms with Gasteiger partial charge in [0.1, 0.15) is 0 Å². The van der Waals surface area contributed by atoms with E-state index in [0.29, 0.717) is 5.56 Å². The number of nitrogens with zero attached hydrogens (tertiary/aromatic N) is 1. The van der Waals surface area contributed by atoms with Crippen molar-refractivity contribution in [2.24, 2.45) is 5.73 Å². The van der Waals surface area contributed by atoms with Gasteiger partial charge in [0.15, 0.2) is 0 Å². The zero-order valence-electron chi connectivity index (χ0n) is 9.48. The van der Waals surface area contributed by atoms with Gasteiger partial charge in [-0.05, 0) is 50.0 Å². The van der Waals surface area contributed by atoms with Crippen LogP contribution in [0.3, 0.4) is 0 Å². The fourth-order valence-corrected chi connectivity index (χ4v) is 2.17. The molecule has 0 aliphatic carbocycles. The molecule has 0 spiro atoms. The van der Waals surface area contributed by atoms with Gasteiger partial charge in [-0.25, -0.2) is 0 Å². The van der Waals surface area contributed by atoms with Gasteiger partial charge in [-0.3, -0.25) is 4.79 Å². The molecule has 0 radical (unpaired) electrons. The van der Waals surface area contributed by atoms with Gasteiger partial charge in [0.05, 0.1) is 0 Å². The summed E-state index contributed by atoms with van der Waals surface area (Å²) >= 11 is 0. The summed E-state index contributed by atoms with van der Waals surface area (Å²) in [6, 6.07) is 7.63. The molecule has 0 saturated carbocycles. The molecule has 0 unspecified atom stereocenters. The molecule has 2 N–H and O–H groups in total. The van der Waals surface area contributed by atoms with E-state index in [-0.39, 0.29) is 5.91 Å². The monoisotopic (exact) mass is 218 g/mol. The summed E-state index contributed by atoms with van der Waals surface area (Å²) in [7, 11) is 0. The molecule has 16 heavy (non-hydrogen) atoms. The van der Waals surface area contributed by atoms with Crippen LogP contribution in [0.15, 0.2) is 24.3 Å². The molecule has 1 saturated heterocycles. The second kappa shape index (κ2) is 5.12. The normalized spacial score (nSPS) is 16.5. The van der Waals surface area contributed by atoms with Crippen molar-refractivity contribution in [1.82, 2.24) is 4.90 Å². The number of hydrogen-bond acceptors (Lipinski definition) is 2. The molecule has 3 nitrogen and oxygen atoms in total. The lowest BCUT2D eigenvalue weighted by atomic mass is 10.1. The number of rotatable bonds is 4. The minimum absolute atomic E-state index is 0.344. The van der Waals surface area contributed by atoms with Crippen LogP contribution in [0.5, 0.6) is 0 Å². The maximum Gasteiger partial charge on any atom is 0.248 e. The minimum atomic E-state index is -0.344. The highest BCUT2D eigenvalue weighted by atomic mass is 16.1. The fraction of sp³-hybridized carbons (Fsp3) is 0.462. The first-order valence-corrected chi connectivity index (χ1v) is 5.87. The molecule has 1 aromatic rings. The topological polar surface area (TPSA) is 46.3 Å². The molecule has 0 bridgehead atoms. The Balaban J connectivity index is 1.93. The van der Waals surface area contributed by atoms with E-state index in [1.54, 1.807) is 6.07 Å². The molecule has 0 aromatic heterocycles. The zero-order chi connectivity index (χ0) is 11.4. The maximum atomic E-state index is 11.0. The van der Waals surface area contributed by atoms with Crippen molar-refractivity contribution in [3.63, 3.8) is 0 Å². The van der Waals surface area contributed by atoms with Crippen molar-refractivity contribution in [3.05, 3.63) is 35.4 Å². The first-order valence-electron chi connectivity index (χ1n) is 5.87. The third-order valence-corrected chi connectivity index (χ3v) is 3.13. The summed E-state index contributed by atoms with van der Waals surface area (Å²) < 4.78 is 0. The fourth-order valence-electron chi connectivity index (χ4n) is 2.17. The minimum Gasteiger partial charge on any atom is -0.366 e. The number of nitrogens with two attached hydrogens (primary N) is 1. The van der Waals surface area contributed by atoms with E-state index in [9.17, 15) is 4.79 Å². The number of primary amides is 1. The average Bonchev–Trinajstić information content (AvgIpc) is 2.79. The lowest BCUT2D eigenvalue weighted by Crippen LogP contribution is -2.22. The van der Waals surface area contributed by atoms with E-state index in [1.807, 2.05) is 12.1 Å². The Morgan fingerprint density at radius 2 is 2.06 bits per heavy atom. The molecule has 1 aromatic carbocycles. The standard InChI is InChI=1S/C13H18N2O/c14-13(16)12-5-3-4-11(10-12)6-9-15-7-1-2-8-15/h3-5,10H,1-2,6-9H2,(H2,14,16). The Morgan fingerprint density at radius 1 is 1.31 bits per heavy atom. The Labute approximate surface area is 96.2 Å². The van der Waals surface area contributed by atoms with Gasteiger partial charge in [-0.1, -0.05) is 12.1 Å². The molecule has 1 amide bonds. The Kier molecular flexibility index (Phi) is 3.57. The number of likely N-dealkylation sites (tertiary alicyclic amines) is 1.